The predicted molar refractivity (Wildman–Crippen MR) is 141 cm³/mol. The SMILES string of the molecule is C[C@H](Oc1cc(-c2ccc(N)nc2)nc(C(=O)C2=C(N)[C@]3(CCCCC3=O)CCC2)n1)[C@@H]1CCCN1C. The van der Waals surface area contributed by atoms with Crippen molar-refractivity contribution in [2.75, 3.05) is 19.3 Å². The van der Waals surface area contributed by atoms with E-state index in [2.05, 4.69) is 26.9 Å². The average molecular weight is 505 g/mol. The number of anilines is 1. The first-order chi connectivity index (χ1) is 17.8. The van der Waals surface area contributed by atoms with Gasteiger partial charge in [-0.3, -0.25) is 14.5 Å². The van der Waals surface area contributed by atoms with Crippen molar-refractivity contribution < 1.29 is 14.3 Å². The fourth-order valence-electron chi connectivity index (χ4n) is 6.23. The number of carbonyl (C=O) groups is 2. The highest BCUT2D eigenvalue weighted by atomic mass is 16.5. The van der Waals surface area contributed by atoms with Crippen LogP contribution in [-0.2, 0) is 4.79 Å². The summed E-state index contributed by atoms with van der Waals surface area (Å²) in [6.45, 7) is 3.06. The Kier molecular flexibility index (Phi) is 6.98. The van der Waals surface area contributed by atoms with Gasteiger partial charge < -0.3 is 16.2 Å². The summed E-state index contributed by atoms with van der Waals surface area (Å²) in [5.74, 6) is 0.565. The lowest BCUT2D eigenvalue weighted by Crippen LogP contribution is -2.42. The smallest absolute Gasteiger partial charge is 0.228 e. The molecule has 0 unspecified atom stereocenters. The van der Waals surface area contributed by atoms with Gasteiger partial charge in [0.25, 0.3) is 0 Å². The summed E-state index contributed by atoms with van der Waals surface area (Å²) >= 11 is 0. The van der Waals surface area contributed by atoms with Crippen LogP contribution in [0.3, 0.4) is 0 Å². The second-order valence-corrected chi connectivity index (χ2v) is 10.7. The molecule has 2 aliphatic carbocycles. The van der Waals surface area contributed by atoms with E-state index < -0.39 is 5.41 Å². The number of Topliss-reactive ketones (excluding diaryl/α,β-unsaturated/α-hetero) is 2. The molecule has 1 saturated heterocycles. The molecule has 9 nitrogen and oxygen atoms in total. The van der Waals surface area contributed by atoms with Crippen LogP contribution in [0.15, 0.2) is 35.7 Å². The van der Waals surface area contributed by atoms with Crippen LogP contribution in [0.1, 0.15) is 75.3 Å². The summed E-state index contributed by atoms with van der Waals surface area (Å²) in [6, 6.07) is 5.50. The third-order valence-corrected chi connectivity index (χ3v) is 8.35. The molecule has 1 aliphatic heterocycles. The van der Waals surface area contributed by atoms with E-state index in [1.165, 1.54) is 0 Å². The second kappa shape index (κ2) is 10.2. The van der Waals surface area contributed by atoms with Gasteiger partial charge in [-0.05, 0) is 77.6 Å². The quantitative estimate of drug-likeness (QED) is 0.564. The van der Waals surface area contributed by atoms with Gasteiger partial charge in [-0.15, -0.1) is 0 Å². The van der Waals surface area contributed by atoms with Gasteiger partial charge in [-0.2, -0.15) is 4.98 Å². The highest BCUT2D eigenvalue weighted by Gasteiger charge is 2.46. The van der Waals surface area contributed by atoms with Gasteiger partial charge in [0.05, 0.1) is 11.1 Å². The molecule has 0 radical (unpaired) electrons. The number of likely N-dealkylation sites (tertiary alicyclic amines) is 1. The van der Waals surface area contributed by atoms with Crippen LogP contribution >= 0.6 is 0 Å². The average Bonchev–Trinajstić information content (AvgIpc) is 3.33. The first-order valence-electron chi connectivity index (χ1n) is 13.3. The molecule has 0 aromatic carbocycles. The van der Waals surface area contributed by atoms with Crippen LogP contribution in [0.4, 0.5) is 5.82 Å². The van der Waals surface area contributed by atoms with Gasteiger partial charge in [-0.25, -0.2) is 9.97 Å². The number of ether oxygens (including phenoxy) is 1. The van der Waals surface area contributed by atoms with Crippen molar-refractivity contribution in [3.63, 3.8) is 0 Å². The highest BCUT2D eigenvalue weighted by molar-refractivity contribution is 6.08. The Morgan fingerprint density at radius 3 is 2.65 bits per heavy atom. The topological polar surface area (TPSA) is 137 Å². The summed E-state index contributed by atoms with van der Waals surface area (Å²) in [5.41, 5.74) is 13.8. The normalized spacial score (nSPS) is 25.5. The molecule has 9 heteroatoms. The number of pyridine rings is 1. The third-order valence-electron chi connectivity index (χ3n) is 8.35. The lowest BCUT2D eigenvalue weighted by molar-refractivity contribution is -0.129. The minimum atomic E-state index is -0.721. The van der Waals surface area contributed by atoms with Gasteiger partial charge in [0.1, 0.15) is 17.7 Å². The molecule has 3 heterocycles. The molecule has 2 fully saturated rings. The molecule has 1 spiro atoms. The Hall–Kier alpha value is -3.33. The Bertz CT molecular complexity index is 1230. The minimum absolute atomic E-state index is 0.0227. The number of hydrogen-bond acceptors (Lipinski definition) is 9. The lowest BCUT2D eigenvalue weighted by atomic mass is 9.64. The molecule has 0 amide bonds. The first-order valence-corrected chi connectivity index (χ1v) is 13.3. The summed E-state index contributed by atoms with van der Waals surface area (Å²) in [6.07, 6.45) is 8.66. The van der Waals surface area contributed by atoms with Gasteiger partial charge in [0.2, 0.25) is 17.5 Å². The van der Waals surface area contributed by atoms with E-state index in [-0.39, 0.29) is 29.5 Å². The summed E-state index contributed by atoms with van der Waals surface area (Å²) in [4.78, 5) is 42.5. The summed E-state index contributed by atoms with van der Waals surface area (Å²) < 4.78 is 6.29. The number of carbonyl (C=O) groups excluding carboxylic acids is 2. The van der Waals surface area contributed by atoms with Gasteiger partial charge in [0, 0.05) is 41.6 Å². The molecular formula is C28H36N6O3. The molecular weight excluding hydrogens is 468 g/mol. The summed E-state index contributed by atoms with van der Waals surface area (Å²) in [5, 5.41) is 0. The molecule has 0 bridgehead atoms. The van der Waals surface area contributed by atoms with E-state index in [1.54, 1.807) is 24.4 Å². The Balaban J connectivity index is 1.53. The molecule has 1 saturated carbocycles. The zero-order valence-corrected chi connectivity index (χ0v) is 21.7. The van der Waals surface area contributed by atoms with Crippen molar-refractivity contribution in [3.8, 4) is 17.1 Å². The molecule has 3 atom stereocenters. The van der Waals surface area contributed by atoms with E-state index in [9.17, 15) is 9.59 Å². The molecule has 196 valence electrons. The van der Waals surface area contributed by atoms with Crippen molar-refractivity contribution in [3.05, 3.63) is 41.5 Å². The number of ketones is 2. The lowest BCUT2D eigenvalue weighted by Gasteiger charge is -2.40. The Morgan fingerprint density at radius 1 is 1.14 bits per heavy atom. The molecule has 37 heavy (non-hydrogen) atoms. The van der Waals surface area contributed by atoms with Crippen molar-refractivity contribution in [2.24, 2.45) is 11.1 Å². The Labute approximate surface area is 217 Å². The van der Waals surface area contributed by atoms with Crippen LogP contribution in [0.5, 0.6) is 5.88 Å². The molecule has 2 aromatic heterocycles. The van der Waals surface area contributed by atoms with Crippen molar-refractivity contribution in [1.82, 2.24) is 19.9 Å². The zero-order valence-electron chi connectivity index (χ0n) is 21.7. The summed E-state index contributed by atoms with van der Waals surface area (Å²) in [7, 11) is 2.10. The fraction of sp³-hybridized carbons (Fsp3) is 0.536. The van der Waals surface area contributed by atoms with Crippen molar-refractivity contribution in [1.29, 1.82) is 0 Å². The number of likely N-dealkylation sites (N-methyl/N-ethyl adjacent to an activating group) is 1. The van der Waals surface area contributed by atoms with Crippen LogP contribution in [-0.4, -0.2) is 57.2 Å². The van der Waals surface area contributed by atoms with E-state index in [0.717, 1.165) is 38.6 Å². The number of nitrogen functional groups attached to an aromatic ring is 1. The maximum Gasteiger partial charge on any atom is 0.228 e. The Morgan fingerprint density at radius 2 is 1.95 bits per heavy atom. The molecule has 2 aromatic rings. The van der Waals surface area contributed by atoms with Crippen LogP contribution in [0.25, 0.3) is 11.3 Å². The number of rotatable bonds is 6. The third kappa shape index (κ3) is 4.84. The van der Waals surface area contributed by atoms with E-state index in [0.29, 0.717) is 59.9 Å². The molecule has 4 N–H and O–H groups in total. The standard InChI is InChI=1S/C28H36N6O3/c1-17(21-8-6-14-34(21)2)37-24-15-20(18-10-11-23(29)31-16-18)32-27(33-24)25(36)19-7-5-13-28(26(19)30)12-4-3-9-22(28)35/h10-11,15-17,21H,3-9,12-14,30H2,1-2H3,(H2,29,31)/t17-,21-,28+/m0/s1. The van der Waals surface area contributed by atoms with Crippen molar-refractivity contribution >= 4 is 17.4 Å². The van der Waals surface area contributed by atoms with E-state index >= 15 is 0 Å². The van der Waals surface area contributed by atoms with Gasteiger partial charge in [0.15, 0.2) is 0 Å². The fourth-order valence-corrected chi connectivity index (χ4v) is 6.23. The van der Waals surface area contributed by atoms with Gasteiger partial charge >= 0.3 is 0 Å². The number of hydrogen-bond donors (Lipinski definition) is 2. The predicted octanol–water partition coefficient (Wildman–Crippen LogP) is 3.69. The van der Waals surface area contributed by atoms with Crippen molar-refractivity contribution in [2.45, 2.75) is 76.9 Å². The number of nitrogens with two attached hydrogens (primary N) is 2. The minimum Gasteiger partial charge on any atom is -0.473 e. The van der Waals surface area contributed by atoms with E-state index in [1.807, 2.05) is 6.92 Å². The van der Waals surface area contributed by atoms with E-state index in [4.69, 9.17) is 16.2 Å². The van der Waals surface area contributed by atoms with Crippen LogP contribution in [0.2, 0.25) is 0 Å². The monoisotopic (exact) mass is 504 g/mol. The maximum atomic E-state index is 13.9. The number of aromatic nitrogens is 3. The molecule has 5 rings (SSSR count). The van der Waals surface area contributed by atoms with Crippen LogP contribution < -0.4 is 16.2 Å². The first kappa shape index (κ1) is 25.3. The zero-order chi connectivity index (χ0) is 26.2. The number of allylic oxidation sites excluding steroid dienone is 2. The second-order valence-electron chi connectivity index (χ2n) is 10.7. The number of nitrogens with zero attached hydrogens (tertiary/aromatic N) is 4. The van der Waals surface area contributed by atoms with Gasteiger partial charge in [-0.1, -0.05) is 6.42 Å². The van der Waals surface area contributed by atoms with Crippen LogP contribution in [0, 0.1) is 5.41 Å². The molecule has 3 aliphatic rings. The maximum absolute atomic E-state index is 13.9. The highest BCUT2D eigenvalue weighted by Crippen LogP contribution is 2.47. The largest absolute Gasteiger partial charge is 0.473 e.